The summed E-state index contributed by atoms with van der Waals surface area (Å²) >= 11 is 1.83. The molecule has 1 aliphatic heterocycles. The number of hydrogen-bond donors (Lipinski definition) is 0. The molecule has 70 valence electrons. The summed E-state index contributed by atoms with van der Waals surface area (Å²) in [5.74, 6) is 2.30. The van der Waals surface area contributed by atoms with Crippen LogP contribution in [0.15, 0.2) is 0 Å². The molecule has 2 nitrogen and oxygen atoms in total. The highest BCUT2D eigenvalue weighted by Gasteiger charge is 2.14. The molecule has 0 spiro atoms. The minimum Gasteiger partial charge on any atom is -0.377 e. The summed E-state index contributed by atoms with van der Waals surface area (Å²) in [7, 11) is 0. The first kappa shape index (κ1) is 10.1. The van der Waals surface area contributed by atoms with Crippen LogP contribution in [-0.4, -0.2) is 30.0 Å². The van der Waals surface area contributed by atoms with Crippen molar-refractivity contribution in [2.75, 3.05) is 18.1 Å². The van der Waals surface area contributed by atoms with E-state index in [1.165, 1.54) is 12.8 Å². The molecule has 1 rings (SSSR count). The molecule has 1 heterocycles. The highest BCUT2D eigenvalue weighted by atomic mass is 32.2. The van der Waals surface area contributed by atoms with Crippen molar-refractivity contribution in [3.05, 3.63) is 0 Å². The molecule has 0 amide bonds. The second-order valence-corrected chi connectivity index (χ2v) is 4.31. The number of Topliss-reactive ketones (excluding diaryl/α,β-unsaturated/α-hetero) is 1. The molecule has 3 heteroatoms. The van der Waals surface area contributed by atoms with Crippen LogP contribution in [0.2, 0.25) is 0 Å². The summed E-state index contributed by atoms with van der Waals surface area (Å²) < 4.78 is 5.45. The number of thioether (sulfide) groups is 1. The molecular weight excluding hydrogens is 172 g/mol. The van der Waals surface area contributed by atoms with Crippen molar-refractivity contribution in [1.82, 2.24) is 0 Å². The smallest absolute Gasteiger partial charge is 0.130 e. The highest BCUT2D eigenvalue weighted by molar-refractivity contribution is 7.99. The third-order valence-corrected chi connectivity index (χ3v) is 3.03. The first-order chi connectivity index (χ1) is 5.79. The van der Waals surface area contributed by atoms with Gasteiger partial charge in [0.1, 0.15) is 5.78 Å². The molecule has 0 radical (unpaired) electrons. The van der Waals surface area contributed by atoms with Gasteiger partial charge in [-0.05, 0) is 19.8 Å². The molecule has 0 bridgehead atoms. The summed E-state index contributed by atoms with van der Waals surface area (Å²) in [5.41, 5.74) is 0. The maximum absolute atomic E-state index is 10.6. The Morgan fingerprint density at radius 3 is 3.08 bits per heavy atom. The van der Waals surface area contributed by atoms with Gasteiger partial charge in [0, 0.05) is 24.5 Å². The van der Waals surface area contributed by atoms with Crippen molar-refractivity contribution in [1.29, 1.82) is 0 Å². The lowest BCUT2D eigenvalue weighted by atomic mass is 10.3. The van der Waals surface area contributed by atoms with Gasteiger partial charge < -0.3 is 4.74 Å². The van der Waals surface area contributed by atoms with Crippen LogP contribution in [0.1, 0.15) is 26.2 Å². The lowest BCUT2D eigenvalue weighted by molar-refractivity contribution is -0.116. The van der Waals surface area contributed by atoms with Crippen LogP contribution >= 0.6 is 11.8 Å². The van der Waals surface area contributed by atoms with E-state index in [0.717, 1.165) is 18.1 Å². The SMILES string of the molecule is CC(=O)CCSCC1CCCO1. The van der Waals surface area contributed by atoms with E-state index in [4.69, 9.17) is 4.74 Å². The van der Waals surface area contributed by atoms with Gasteiger partial charge in [0.2, 0.25) is 0 Å². The summed E-state index contributed by atoms with van der Waals surface area (Å²) in [4.78, 5) is 10.6. The predicted octanol–water partition coefficient (Wildman–Crippen LogP) is 1.88. The lowest BCUT2D eigenvalue weighted by Gasteiger charge is -2.07. The number of rotatable bonds is 5. The van der Waals surface area contributed by atoms with Gasteiger partial charge in [0.15, 0.2) is 0 Å². The zero-order chi connectivity index (χ0) is 8.81. The van der Waals surface area contributed by atoms with Gasteiger partial charge in [-0.1, -0.05) is 0 Å². The van der Waals surface area contributed by atoms with Gasteiger partial charge >= 0.3 is 0 Å². The third-order valence-electron chi connectivity index (χ3n) is 1.93. The molecule has 0 aromatic heterocycles. The largest absolute Gasteiger partial charge is 0.377 e. The van der Waals surface area contributed by atoms with E-state index in [1.807, 2.05) is 11.8 Å². The number of ketones is 1. The zero-order valence-corrected chi connectivity index (χ0v) is 8.36. The highest BCUT2D eigenvalue weighted by Crippen LogP contribution is 2.17. The van der Waals surface area contributed by atoms with E-state index in [9.17, 15) is 4.79 Å². The molecule has 0 aromatic carbocycles. The van der Waals surface area contributed by atoms with E-state index >= 15 is 0 Å². The van der Waals surface area contributed by atoms with Crippen molar-refractivity contribution in [2.24, 2.45) is 0 Å². The van der Waals surface area contributed by atoms with E-state index in [2.05, 4.69) is 0 Å². The Kier molecular flexibility index (Phi) is 4.69. The fraction of sp³-hybridized carbons (Fsp3) is 0.889. The summed E-state index contributed by atoms with van der Waals surface area (Å²) in [6.45, 7) is 2.57. The van der Waals surface area contributed by atoms with Gasteiger partial charge in [-0.2, -0.15) is 11.8 Å². The second kappa shape index (κ2) is 5.60. The minimum absolute atomic E-state index is 0.287. The van der Waals surface area contributed by atoms with Gasteiger partial charge in [0.05, 0.1) is 6.10 Å². The average Bonchev–Trinajstić information content (AvgIpc) is 2.49. The first-order valence-corrected chi connectivity index (χ1v) is 5.63. The molecule has 0 saturated carbocycles. The van der Waals surface area contributed by atoms with Crippen molar-refractivity contribution >= 4 is 17.5 Å². The maximum atomic E-state index is 10.6. The van der Waals surface area contributed by atoms with E-state index in [1.54, 1.807) is 6.92 Å². The van der Waals surface area contributed by atoms with Crippen LogP contribution in [0.3, 0.4) is 0 Å². The normalized spacial score (nSPS) is 22.9. The Bertz CT molecular complexity index is 141. The first-order valence-electron chi connectivity index (χ1n) is 4.48. The Labute approximate surface area is 78.1 Å². The number of hydrogen-bond acceptors (Lipinski definition) is 3. The second-order valence-electron chi connectivity index (χ2n) is 3.16. The van der Waals surface area contributed by atoms with Crippen LogP contribution in [-0.2, 0) is 9.53 Å². The van der Waals surface area contributed by atoms with Crippen LogP contribution in [0.4, 0.5) is 0 Å². The van der Waals surface area contributed by atoms with Crippen molar-refractivity contribution in [3.63, 3.8) is 0 Å². The molecule has 0 N–H and O–H groups in total. The van der Waals surface area contributed by atoms with Gasteiger partial charge in [-0.3, -0.25) is 4.79 Å². The molecule has 0 aliphatic carbocycles. The molecular formula is C9H16O2S. The molecule has 12 heavy (non-hydrogen) atoms. The minimum atomic E-state index is 0.287. The Hall–Kier alpha value is -0.0200. The third kappa shape index (κ3) is 4.12. The van der Waals surface area contributed by atoms with Gasteiger partial charge in [-0.15, -0.1) is 0 Å². The van der Waals surface area contributed by atoms with E-state index in [0.29, 0.717) is 12.5 Å². The van der Waals surface area contributed by atoms with Crippen molar-refractivity contribution in [3.8, 4) is 0 Å². The van der Waals surface area contributed by atoms with Crippen LogP contribution in [0.25, 0.3) is 0 Å². The topological polar surface area (TPSA) is 26.3 Å². The summed E-state index contributed by atoms with van der Waals surface area (Å²) in [6, 6.07) is 0. The lowest BCUT2D eigenvalue weighted by Crippen LogP contribution is -2.08. The fourth-order valence-electron chi connectivity index (χ4n) is 1.21. The summed E-state index contributed by atoms with van der Waals surface area (Å²) in [5, 5.41) is 0. The van der Waals surface area contributed by atoms with Gasteiger partial charge in [-0.25, -0.2) is 0 Å². The Balaban J connectivity index is 1.91. The van der Waals surface area contributed by atoms with Crippen LogP contribution in [0, 0.1) is 0 Å². The molecule has 1 fully saturated rings. The van der Waals surface area contributed by atoms with Crippen LogP contribution < -0.4 is 0 Å². The maximum Gasteiger partial charge on any atom is 0.130 e. The van der Waals surface area contributed by atoms with Gasteiger partial charge in [0.25, 0.3) is 0 Å². The molecule has 1 saturated heterocycles. The van der Waals surface area contributed by atoms with Crippen molar-refractivity contribution in [2.45, 2.75) is 32.3 Å². The monoisotopic (exact) mass is 188 g/mol. The zero-order valence-electron chi connectivity index (χ0n) is 7.54. The van der Waals surface area contributed by atoms with Crippen molar-refractivity contribution < 1.29 is 9.53 Å². The average molecular weight is 188 g/mol. The molecule has 1 atom stereocenters. The number of carbonyl (C=O) groups is 1. The number of ether oxygens (including phenoxy) is 1. The van der Waals surface area contributed by atoms with E-state index < -0.39 is 0 Å². The molecule has 1 unspecified atom stereocenters. The van der Waals surface area contributed by atoms with Crippen LogP contribution in [0.5, 0.6) is 0 Å². The quantitative estimate of drug-likeness (QED) is 0.616. The Morgan fingerprint density at radius 1 is 1.67 bits per heavy atom. The fourth-order valence-corrected chi connectivity index (χ4v) is 2.33. The van der Waals surface area contributed by atoms with E-state index in [-0.39, 0.29) is 5.78 Å². The predicted molar refractivity (Wildman–Crippen MR) is 51.6 cm³/mol. The standard InChI is InChI=1S/C9H16O2S/c1-8(10)4-6-12-7-9-3-2-5-11-9/h9H,2-7H2,1H3. The summed E-state index contributed by atoms with van der Waals surface area (Å²) in [6.07, 6.45) is 3.57. The molecule has 0 aromatic rings. The Morgan fingerprint density at radius 2 is 2.50 bits per heavy atom. The molecule has 1 aliphatic rings. The number of carbonyl (C=O) groups excluding carboxylic acids is 1.